The summed E-state index contributed by atoms with van der Waals surface area (Å²) < 4.78 is 21.9. The maximum atomic E-state index is 11.8. The second-order valence-electron chi connectivity index (χ2n) is 4.01. The highest BCUT2D eigenvalue weighted by Crippen LogP contribution is 2.20. The molecular formula is C12H16N2O3S2. The number of sulfone groups is 1. The Morgan fingerprint density at radius 3 is 2.79 bits per heavy atom. The Labute approximate surface area is 117 Å². The number of carbonyl (C=O) groups excluding carboxylic acids is 1. The fraction of sp³-hybridized carbons (Fsp3) is 0.417. The van der Waals surface area contributed by atoms with E-state index < -0.39 is 9.84 Å². The number of aryl methyl sites for hydroxylation is 1. The number of nitrogens with one attached hydrogen (secondary N) is 1. The zero-order valence-corrected chi connectivity index (χ0v) is 12.5. The van der Waals surface area contributed by atoms with Gasteiger partial charge in [-0.25, -0.2) is 8.42 Å². The monoisotopic (exact) mass is 300 g/mol. The van der Waals surface area contributed by atoms with E-state index in [4.69, 9.17) is 5.73 Å². The van der Waals surface area contributed by atoms with Crippen molar-refractivity contribution in [3.63, 3.8) is 0 Å². The van der Waals surface area contributed by atoms with E-state index in [9.17, 15) is 13.2 Å². The standard InChI is InChI=1S/C12H16N2O3S2/c1-9-8-11(18-10(9)4-3-5-13)12(15)14-6-7-19(2,16)17/h8H,5-7,13H2,1-2H3,(H,14,15). The van der Waals surface area contributed by atoms with Gasteiger partial charge in [0.05, 0.1) is 22.1 Å². The Hall–Kier alpha value is -1.36. The van der Waals surface area contributed by atoms with Crippen molar-refractivity contribution >= 4 is 27.1 Å². The number of carbonyl (C=O) groups is 1. The summed E-state index contributed by atoms with van der Waals surface area (Å²) in [6, 6.07) is 1.74. The van der Waals surface area contributed by atoms with Crippen LogP contribution in [0.15, 0.2) is 6.07 Å². The average Bonchev–Trinajstić information content (AvgIpc) is 2.66. The lowest BCUT2D eigenvalue weighted by atomic mass is 10.2. The van der Waals surface area contributed by atoms with E-state index in [1.165, 1.54) is 11.3 Å². The second-order valence-corrected chi connectivity index (χ2v) is 7.33. The van der Waals surface area contributed by atoms with Gasteiger partial charge in [-0.05, 0) is 18.6 Å². The van der Waals surface area contributed by atoms with Crippen LogP contribution in [0.2, 0.25) is 0 Å². The van der Waals surface area contributed by atoms with Gasteiger partial charge in [0.25, 0.3) is 5.91 Å². The molecule has 0 aliphatic rings. The van der Waals surface area contributed by atoms with E-state index in [1.807, 2.05) is 6.92 Å². The minimum absolute atomic E-state index is 0.0665. The van der Waals surface area contributed by atoms with Crippen LogP contribution in [0.5, 0.6) is 0 Å². The molecule has 1 aromatic rings. The van der Waals surface area contributed by atoms with Crippen LogP contribution >= 0.6 is 11.3 Å². The molecule has 0 saturated carbocycles. The van der Waals surface area contributed by atoms with Crippen molar-refractivity contribution in [1.82, 2.24) is 5.32 Å². The maximum absolute atomic E-state index is 11.8. The molecule has 0 aromatic carbocycles. The minimum Gasteiger partial charge on any atom is -0.350 e. The predicted octanol–water partition coefficient (Wildman–Crippen LogP) is 0.141. The molecular weight excluding hydrogens is 284 g/mol. The molecule has 1 aromatic heterocycles. The van der Waals surface area contributed by atoms with Crippen molar-refractivity contribution in [1.29, 1.82) is 0 Å². The summed E-state index contributed by atoms with van der Waals surface area (Å²) in [5.74, 6) is 5.29. The number of hydrogen-bond donors (Lipinski definition) is 2. The Balaban J connectivity index is 2.68. The number of thiophene rings is 1. The fourth-order valence-corrected chi connectivity index (χ4v) is 2.72. The Bertz CT molecular complexity index is 621. The molecule has 19 heavy (non-hydrogen) atoms. The van der Waals surface area contributed by atoms with Crippen LogP contribution in [0, 0.1) is 18.8 Å². The normalized spacial score (nSPS) is 10.7. The van der Waals surface area contributed by atoms with E-state index in [0.29, 0.717) is 4.88 Å². The van der Waals surface area contributed by atoms with Gasteiger partial charge in [0.2, 0.25) is 0 Å². The number of hydrogen-bond acceptors (Lipinski definition) is 5. The first-order chi connectivity index (χ1) is 8.83. The zero-order chi connectivity index (χ0) is 14.5. The first kappa shape index (κ1) is 15.7. The maximum Gasteiger partial charge on any atom is 0.261 e. The molecule has 0 atom stereocenters. The molecule has 0 unspecified atom stereocenters. The van der Waals surface area contributed by atoms with Gasteiger partial charge in [0.15, 0.2) is 0 Å². The van der Waals surface area contributed by atoms with Crippen LogP contribution in [0.1, 0.15) is 20.1 Å². The quantitative estimate of drug-likeness (QED) is 0.774. The highest BCUT2D eigenvalue weighted by Gasteiger charge is 2.12. The first-order valence-corrected chi connectivity index (χ1v) is 8.46. The Kier molecular flexibility index (Phi) is 5.54. The molecule has 7 heteroatoms. The average molecular weight is 300 g/mol. The highest BCUT2D eigenvalue weighted by atomic mass is 32.2. The van der Waals surface area contributed by atoms with Gasteiger partial charge >= 0.3 is 0 Å². The van der Waals surface area contributed by atoms with Crippen molar-refractivity contribution in [3.05, 3.63) is 21.4 Å². The second kappa shape index (κ2) is 6.70. The summed E-state index contributed by atoms with van der Waals surface area (Å²) in [7, 11) is -3.06. The number of rotatable bonds is 4. The number of nitrogens with two attached hydrogens (primary N) is 1. The topological polar surface area (TPSA) is 89.3 Å². The third-order valence-electron chi connectivity index (χ3n) is 2.20. The summed E-state index contributed by atoms with van der Waals surface area (Å²) in [6.45, 7) is 2.25. The fourth-order valence-electron chi connectivity index (χ4n) is 1.29. The summed E-state index contributed by atoms with van der Waals surface area (Å²) in [4.78, 5) is 13.1. The molecule has 0 bridgehead atoms. The van der Waals surface area contributed by atoms with Gasteiger partial charge in [-0.1, -0.05) is 11.8 Å². The van der Waals surface area contributed by atoms with Gasteiger partial charge < -0.3 is 11.1 Å². The lowest BCUT2D eigenvalue weighted by molar-refractivity contribution is 0.0960. The van der Waals surface area contributed by atoms with E-state index >= 15 is 0 Å². The summed E-state index contributed by atoms with van der Waals surface area (Å²) >= 11 is 1.27. The molecule has 5 nitrogen and oxygen atoms in total. The van der Waals surface area contributed by atoms with Gasteiger partial charge in [0.1, 0.15) is 9.84 Å². The predicted molar refractivity (Wildman–Crippen MR) is 77.0 cm³/mol. The molecule has 0 aliphatic heterocycles. The van der Waals surface area contributed by atoms with Crippen LogP contribution in [0.25, 0.3) is 0 Å². The molecule has 104 valence electrons. The summed E-state index contributed by atoms with van der Waals surface area (Å²) in [5.41, 5.74) is 6.21. The van der Waals surface area contributed by atoms with Crippen LogP contribution < -0.4 is 11.1 Å². The van der Waals surface area contributed by atoms with Gasteiger partial charge in [-0.15, -0.1) is 11.3 Å². The van der Waals surface area contributed by atoms with Crippen LogP contribution in [0.4, 0.5) is 0 Å². The molecule has 0 spiro atoms. The van der Waals surface area contributed by atoms with Crippen LogP contribution in [-0.2, 0) is 9.84 Å². The Morgan fingerprint density at radius 2 is 2.21 bits per heavy atom. The molecule has 0 aliphatic carbocycles. The molecule has 0 fully saturated rings. The third kappa shape index (κ3) is 5.42. The van der Waals surface area contributed by atoms with Crippen molar-refractivity contribution in [2.45, 2.75) is 6.92 Å². The van der Waals surface area contributed by atoms with Crippen molar-refractivity contribution in [2.24, 2.45) is 5.73 Å². The van der Waals surface area contributed by atoms with E-state index in [2.05, 4.69) is 17.2 Å². The highest BCUT2D eigenvalue weighted by molar-refractivity contribution is 7.90. The molecule has 0 saturated heterocycles. The molecule has 1 amide bonds. The SMILES string of the molecule is Cc1cc(C(=O)NCCS(C)(=O)=O)sc1C#CCN. The largest absolute Gasteiger partial charge is 0.350 e. The van der Waals surface area contributed by atoms with Crippen molar-refractivity contribution in [3.8, 4) is 11.8 Å². The molecule has 1 rings (SSSR count). The van der Waals surface area contributed by atoms with Crippen LogP contribution in [-0.4, -0.2) is 39.4 Å². The first-order valence-electron chi connectivity index (χ1n) is 5.59. The smallest absolute Gasteiger partial charge is 0.261 e. The van der Waals surface area contributed by atoms with Crippen molar-refractivity contribution in [2.75, 3.05) is 25.1 Å². The summed E-state index contributed by atoms with van der Waals surface area (Å²) in [5, 5.41) is 2.57. The molecule has 3 N–H and O–H groups in total. The van der Waals surface area contributed by atoms with E-state index in [1.54, 1.807) is 6.07 Å². The third-order valence-corrected chi connectivity index (χ3v) is 4.30. The van der Waals surface area contributed by atoms with Crippen LogP contribution in [0.3, 0.4) is 0 Å². The van der Waals surface area contributed by atoms with Gasteiger partial charge in [-0.2, -0.15) is 0 Å². The summed E-state index contributed by atoms with van der Waals surface area (Å²) in [6.07, 6.45) is 1.13. The zero-order valence-electron chi connectivity index (χ0n) is 10.8. The van der Waals surface area contributed by atoms with Gasteiger partial charge in [-0.3, -0.25) is 4.79 Å². The minimum atomic E-state index is -3.06. The number of amides is 1. The molecule has 0 radical (unpaired) electrons. The van der Waals surface area contributed by atoms with Crippen molar-refractivity contribution < 1.29 is 13.2 Å². The Morgan fingerprint density at radius 1 is 1.53 bits per heavy atom. The van der Waals surface area contributed by atoms with E-state index in [-0.39, 0.29) is 24.7 Å². The lowest BCUT2D eigenvalue weighted by Crippen LogP contribution is -2.28. The van der Waals surface area contributed by atoms with Gasteiger partial charge in [0, 0.05) is 12.8 Å². The lowest BCUT2D eigenvalue weighted by Gasteiger charge is -2.01. The van der Waals surface area contributed by atoms with E-state index in [0.717, 1.165) is 16.7 Å². The molecule has 1 heterocycles.